The molecule has 0 saturated carbocycles. The van der Waals surface area contributed by atoms with Crippen molar-refractivity contribution in [2.24, 2.45) is 11.3 Å². The van der Waals surface area contributed by atoms with Gasteiger partial charge in [0.15, 0.2) is 6.61 Å². The van der Waals surface area contributed by atoms with Crippen molar-refractivity contribution in [1.82, 2.24) is 0 Å². The molecule has 5 heteroatoms. The van der Waals surface area contributed by atoms with Gasteiger partial charge < -0.3 is 10.1 Å². The van der Waals surface area contributed by atoms with Gasteiger partial charge in [0.05, 0.1) is 5.56 Å². The van der Waals surface area contributed by atoms with E-state index in [1.54, 1.807) is 11.3 Å². The van der Waals surface area contributed by atoms with Gasteiger partial charge in [0.1, 0.15) is 16.8 Å². The first-order valence-corrected chi connectivity index (χ1v) is 11.6. The maximum atomic E-state index is 12.5. The summed E-state index contributed by atoms with van der Waals surface area (Å²) >= 11 is 1.55. The average molecular weight is 425 g/mol. The molecule has 1 aromatic heterocycles. The second-order valence-corrected chi connectivity index (χ2v) is 10.4. The molecular formula is C25H32N2O2S. The topological polar surface area (TPSA) is 62.1 Å². The predicted molar refractivity (Wildman–Crippen MR) is 123 cm³/mol. The van der Waals surface area contributed by atoms with E-state index in [1.165, 1.54) is 10.4 Å². The Morgan fingerprint density at radius 1 is 1.33 bits per heavy atom. The highest BCUT2D eigenvalue weighted by Gasteiger charge is 2.32. The molecule has 0 unspecified atom stereocenters. The van der Waals surface area contributed by atoms with E-state index >= 15 is 0 Å². The lowest BCUT2D eigenvalue weighted by atomic mass is 9.72. The maximum absolute atomic E-state index is 12.5. The van der Waals surface area contributed by atoms with Gasteiger partial charge in [0, 0.05) is 4.88 Å². The highest BCUT2D eigenvalue weighted by molar-refractivity contribution is 7.16. The molecule has 0 saturated heterocycles. The second kappa shape index (κ2) is 9.22. The highest BCUT2D eigenvalue weighted by atomic mass is 32.1. The quantitative estimate of drug-likeness (QED) is 0.592. The number of hydrogen-bond donors (Lipinski definition) is 1. The van der Waals surface area contributed by atoms with Crippen LogP contribution in [0.25, 0.3) is 0 Å². The number of rotatable bonds is 6. The lowest BCUT2D eigenvalue weighted by Gasteiger charge is -2.33. The van der Waals surface area contributed by atoms with Crippen molar-refractivity contribution < 1.29 is 9.53 Å². The zero-order chi connectivity index (χ0) is 21.9. The molecule has 0 spiro atoms. The number of ether oxygens (including phenoxy) is 1. The van der Waals surface area contributed by atoms with E-state index in [9.17, 15) is 10.1 Å². The van der Waals surface area contributed by atoms with Gasteiger partial charge in [-0.25, -0.2) is 0 Å². The summed E-state index contributed by atoms with van der Waals surface area (Å²) in [4.78, 5) is 13.7. The van der Waals surface area contributed by atoms with Gasteiger partial charge in [0.25, 0.3) is 5.91 Å². The van der Waals surface area contributed by atoms with Gasteiger partial charge in [-0.1, -0.05) is 46.8 Å². The fourth-order valence-electron chi connectivity index (χ4n) is 3.97. The van der Waals surface area contributed by atoms with Crippen molar-refractivity contribution in [3.05, 3.63) is 45.8 Å². The van der Waals surface area contributed by atoms with Crippen molar-refractivity contribution in [3.8, 4) is 11.8 Å². The molecule has 2 aromatic rings. The van der Waals surface area contributed by atoms with Crippen molar-refractivity contribution in [1.29, 1.82) is 5.26 Å². The Bertz CT molecular complexity index is 932. The molecule has 0 aliphatic heterocycles. The third-order valence-electron chi connectivity index (χ3n) is 6.29. The van der Waals surface area contributed by atoms with E-state index in [2.05, 4.69) is 46.0 Å². The summed E-state index contributed by atoms with van der Waals surface area (Å²) in [5.74, 6) is 1.55. The molecule has 1 aliphatic rings. The lowest BCUT2D eigenvalue weighted by Crippen LogP contribution is -2.26. The normalized spacial score (nSPS) is 17.0. The predicted octanol–water partition coefficient (Wildman–Crippen LogP) is 6.30. The molecule has 1 amide bonds. The first kappa shape index (κ1) is 22.4. The third-order valence-corrected chi connectivity index (χ3v) is 7.46. The Kier molecular flexibility index (Phi) is 6.88. The summed E-state index contributed by atoms with van der Waals surface area (Å²) in [7, 11) is 0. The van der Waals surface area contributed by atoms with E-state index in [4.69, 9.17) is 4.74 Å². The van der Waals surface area contributed by atoms with E-state index in [0.717, 1.165) is 31.2 Å². The molecule has 30 heavy (non-hydrogen) atoms. The molecule has 1 aromatic carbocycles. The first-order valence-electron chi connectivity index (χ1n) is 10.8. The van der Waals surface area contributed by atoms with Crippen molar-refractivity contribution in [2.45, 2.75) is 66.2 Å². The summed E-state index contributed by atoms with van der Waals surface area (Å²) < 4.78 is 5.66. The van der Waals surface area contributed by atoms with Crippen LogP contribution in [0.15, 0.2) is 24.3 Å². The van der Waals surface area contributed by atoms with Crippen LogP contribution >= 0.6 is 11.3 Å². The largest absolute Gasteiger partial charge is 0.484 e. The molecule has 160 valence electrons. The number of anilines is 1. The number of thiophene rings is 1. The molecule has 3 rings (SSSR count). The maximum Gasteiger partial charge on any atom is 0.262 e. The van der Waals surface area contributed by atoms with E-state index in [0.29, 0.717) is 28.1 Å². The minimum atomic E-state index is -0.233. The fourth-order valence-corrected chi connectivity index (χ4v) is 5.27. The van der Waals surface area contributed by atoms with Crippen LogP contribution in [0.2, 0.25) is 0 Å². The molecule has 1 N–H and O–H groups in total. The number of amides is 1. The minimum absolute atomic E-state index is 0.0687. The van der Waals surface area contributed by atoms with Crippen LogP contribution in [0.5, 0.6) is 5.75 Å². The number of nitrogens with one attached hydrogen (secondary N) is 1. The third kappa shape index (κ3) is 5.05. The summed E-state index contributed by atoms with van der Waals surface area (Å²) in [6.07, 6.45) is 4.06. The van der Waals surface area contributed by atoms with Crippen LogP contribution in [0.1, 0.15) is 74.9 Å². The summed E-state index contributed by atoms with van der Waals surface area (Å²) in [6, 6.07) is 10.2. The monoisotopic (exact) mass is 424 g/mol. The van der Waals surface area contributed by atoms with Gasteiger partial charge >= 0.3 is 0 Å². The molecule has 4 nitrogen and oxygen atoms in total. The van der Waals surface area contributed by atoms with E-state index < -0.39 is 0 Å². The second-order valence-electron chi connectivity index (χ2n) is 9.34. The first-order chi connectivity index (χ1) is 14.2. The Labute approximate surface area is 184 Å². The van der Waals surface area contributed by atoms with Gasteiger partial charge in [-0.2, -0.15) is 5.26 Å². The average Bonchev–Trinajstić information content (AvgIpc) is 3.07. The SMILES string of the molecule is CC[C@H](C)c1ccc(OCC(=O)Nc2sc3c(c2C#N)CC[C@@H](C(C)(C)C)C3)cc1. The minimum Gasteiger partial charge on any atom is -0.484 e. The number of carbonyl (C=O) groups excluding carboxylic acids is 1. The van der Waals surface area contributed by atoms with Crippen LogP contribution in [0.4, 0.5) is 5.00 Å². The van der Waals surface area contributed by atoms with Crippen LogP contribution in [0.3, 0.4) is 0 Å². The van der Waals surface area contributed by atoms with E-state index in [-0.39, 0.29) is 17.9 Å². The number of carbonyl (C=O) groups is 1. The smallest absolute Gasteiger partial charge is 0.262 e. The van der Waals surface area contributed by atoms with Crippen LogP contribution in [-0.4, -0.2) is 12.5 Å². The van der Waals surface area contributed by atoms with Crippen LogP contribution < -0.4 is 10.1 Å². The standard InChI is InChI=1S/C25H32N2O2S/c1-6-16(2)17-7-10-19(11-8-17)29-15-23(28)27-24-21(14-26)20-12-9-18(25(3,4)5)13-22(20)30-24/h7-8,10-11,16,18H,6,9,12-13,15H2,1-5H3,(H,27,28)/t16-,18+/m0/s1. The Morgan fingerprint density at radius 3 is 2.63 bits per heavy atom. The molecule has 1 aliphatic carbocycles. The molecule has 1 heterocycles. The van der Waals surface area contributed by atoms with Gasteiger partial charge in [-0.05, 0) is 66.2 Å². The van der Waals surface area contributed by atoms with Crippen LogP contribution in [0, 0.1) is 22.7 Å². The van der Waals surface area contributed by atoms with Crippen LogP contribution in [-0.2, 0) is 17.6 Å². The Hall–Kier alpha value is -2.32. The number of fused-ring (bicyclic) bond motifs is 1. The summed E-state index contributed by atoms with van der Waals surface area (Å²) in [5, 5.41) is 13.3. The Balaban J connectivity index is 1.63. The fraction of sp³-hybridized carbons (Fsp3) is 0.520. The zero-order valence-electron chi connectivity index (χ0n) is 18.7. The van der Waals surface area contributed by atoms with Gasteiger partial charge in [-0.3, -0.25) is 4.79 Å². The van der Waals surface area contributed by atoms with Crippen molar-refractivity contribution in [2.75, 3.05) is 11.9 Å². The summed E-state index contributed by atoms with van der Waals surface area (Å²) in [6.45, 7) is 11.1. The molecule has 0 bridgehead atoms. The van der Waals surface area contributed by atoms with Gasteiger partial charge in [0.2, 0.25) is 0 Å². The molecular weight excluding hydrogens is 392 g/mol. The highest BCUT2D eigenvalue weighted by Crippen LogP contribution is 2.43. The zero-order valence-corrected chi connectivity index (χ0v) is 19.5. The Morgan fingerprint density at radius 2 is 2.03 bits per heavy atom. The van der Waals surface area contributed by atoms with Gasteiger partial charge in [-0.15, -0.1) is 11.3 Å². The molecule has 2 atom stereocenters. The lowest BCUT2D eigenvalue weighted by molar-refractivity contribution is -0.118. The van der Waals surface area contributed by atoms with E-state index in [1.807, 2.05) is 24.3 Å². The number of hydrogen-bond acceptors (Lipinski definition) is 4. The molecule has 0 fully saturated rings. The van der Waals surface area contributed by atoms with Crippen molar-refractivity contribution in [3.63, 3.8) is 0 Å². The number of nitrogens with zero attached hydrogens (tertiary/aromatic N) is 1. The number of nitriles is 1. The number of benzene rings is 1. The summed E-state index contributed by atoms with van der Waals surface area (Å²) in [5.41, 5.74) is 3.27. The molecule has 0 radical (unpaired) electrons. The van der Waals surface area contributed by atoms with Crippen molar-refractivity contribution >= 4 is 22.2 Å².